The van der Waals surface area contributed by atoms with Gasteiger partial charge in [-0.2, -0.15) is 0 Å². The van der Waals surface area contributed by atoms with Crippen LogP contribution in [0.3, 0.4) is 0 Å². The quantitative estimate of drug-likeness (QED) is 0.155. The van der Waals surface area contributed by atoms with E-state index in [0.717, 1.165) is 44.1 Å². The van der Waals surface area contributed by atoms with Crippen molar-refractivity contribution in [3.8, 4) is 73.8 Å². The summed E-state index contributed by atoms with van der Waals surface area (Å²) in [6, 6.07) is 40.7. The Bertz CT molecular complexity index is 3110. The Morgan fingerprint density at radius 2 is 0.787 bits per heavy atom. The molecule has 4 heterocycles. The molecule has 0 radical (unpaired) electrons. The van der Waals surface area contributed by atoms with Crippen molar-refractivity contribution < 1.29 is 8.78 Å². The molecule has 10 nitrogen and oxygen atoms in total. The summed E-state index contributed by atoms with van der Waals surface area (Å²) in [7, 11) is 0. The Balaban J connectivity index is 1.32. The molecular weight excluding hydrogens is 767 g/mol. The van der Waals surface area contributed by atoms with E-state index in [1.807, 2.05) is 119 Å². The van der Waals surface area contributed by atoms with Gasteiger partial charge in [-0.25, -0.2) is 53.6 Å². The fourth-order valence-corrected chi connectivity index (χ4v) is 7.81. The standard InChI is InChI=1S/C49H34F2N10/c1-27-52-28(2)55-47(54-27)34-18-21-36-37-22-19-35(48-56-29(3)53-30(4)57-48)26-43(37)61(42(36)25-34)41-23-20-33(44-39(50)16-11-17-40(44)51)24-38(41)49-59-45(31-12-7-5-8-13-31)58-46(60-49)32-14-9-6-10-15-32/h5-26H,1-4H3. The van der Waals surface area contributed by atoms with Crippen LogP contribution in [0.25, 0.3) is 95.6 Å². The van der Waals surface area contributed by atoms with Crippen LogP contribution in [-0.2, 0) is 0 Å². The molecule has 0 aliphatic heterocycles. The first kappa shape index (κ1) is 37.3. The van der Waals surface area contributed by atoms with Gasteiger partial charge in [0, 0.05) is 38.6 Å². The summed E-state index contributed by atoms with van der Waals surface area (Å²) in [5.74, 6) is 3.27. The summed E-state index contributed by atoms with van der Waals surface area (Å²) in [4.78, 5) is 42.7. The number of fused-ring (bicyclic) bond motifs is 3. The van der Waals surface area contributed by atoms with Gasteiger partial charge in [0.25, 0.3) is 0 Å². The molecule has 294 valence electrons. The first-order valence-corrected chi connectivity index (χ1v) is 19.6. The van der Waals surface area contributed by atoms with Crippen LogP contribution in [0.15, 0.2) is 133 Å². The number of aryl methyl sites for hydroxylation is 4. The molecule has 0 saturated carbocycles. The highest BCUT2D eigenvalue weighted by molar-refractivity contribution is 6.11. The van der Waals surface area contributed by atoms with Crippen molar-refractivity contribution in [1.29, 1.82) is 0 Å². The number of hydrogen-bond acceptors (Lipinski definition) is 9. The molecule has 0 fully saturated rings. The number of nitrogens with zero attached hydrogens (tertiary/aromatic N) is 10. The normalized spacial score (nSPS) is 11.4. The maximum absolute atomic E-state index is 15.6. The third-order valence-electron chi connectivity index (χ3n) is 10.4. The summed E-state index contributed by atoms with van der Waals surface area (Å²) < 4.78 is 33.4. The summed E-state index contributed by atoms with van der Waals surface area (Å²) in [6.45, 7) is 7.37. The average Bonchev–Trinajstić information content (AvgIpc) is 3.59. The van der Waals surface area contributed by atoms with Crippen LogP contribution >= 0.6 is 0 Å². The lowest BCUT2D eigenvalue weighted by atomic mass is 9.99. The van der Waals surface area contributed by atoms with Crippen LogP contribution in [0.2, 0.25) is 0 Å². The maximum Gasteiger partial charge on any atom is 0.166 e. The predicted molar refractivity (Wildman–Crippen MR) is 232 cm³/mol. The second kappa shape index (κ2) is 15.0. The first-order chi connectivity index (χ1) is 29.7. The number of rotatable bonds is 7. The number of halogens is 2. The molecule has 0 spiro atoms. The SMILES string of the molecule is Cc1nc(C)nc(-c2ccc3c4ccc(-c5nc(C)nc(C)n5)cc4n(-c4ccc(-c5c(F)cccc5F)cc4-c4nc(-c5ccccc5)nc(-c5ccccc5)n4)c3c2)n1. The first-order valence-electron chi connectivity index (χ1n) is 19.6. The fraction of sp³-hybridized carbons (Fsp3) is 0.0816. The molecule has 0 N–H and O–H groups in total. The van der Waals surface area contributed by atoms with Gasteiger partial charge in [0.15, 0.2) is 29.1 Å². The molecule has 0 unspecified atom stereocenters. The largest absolute Gasteiger partial charge is 0.308 e. The van der Waals surface area contributed by atoms with E-state index >= 15 is 8.78 Å². The average molecular weight is 801 g/mol. The zero-order valence-electron chi connectivity index (χ0n) is 33.4. The van der Waals surface area contributed by atoms with Crippen molar-refractivity contribution >= 4 is 21.8 Å². The maximum atomic E-state index is 15.6. The molecular formula is C49H34F2N10. The number of aromatic nitrogens is 10. The summed E-state index contributed by atoms with van der Waals surface area (Å²) in [5.41, 5.74) is 6.03. The lowest BCUT2D eigenvalue weighted by molar-refractivity contribution is 0.589. The Labute approximate surface area is 348 Å². The van der Waals surface area contributed by atoms with Gasteiger partial charge in [-0.05, 0) is 69.7 Å². The van der Waals surface area contributed by atoms with Gasteiger partial charge >= 0.3 is 0 Å². The molecule has 12 heteroatoms. The molecule has 4 aromatic heterocycles. The highest BCUT2D eigenvalue weighted by atomic mass is 19.1. The van der Waals surface area contributed by atoms with Crippen molar-refractivity contribution in [2.75, 3.05) is 0 Å². The van der Waals surface area contributed by atoms with E-state index in [1.54, 1.807) is 12.1 Å². The minimum Gasteiger partial charge on any atom is -0.308 e. The smallest absolute Gasteiger partial charge is 0.166 e. The molecule has 0 bridgehead atoms. The topological polar surface area (TPSA) is 121 Å². The lowest BCUT2D eigenvalue weighted by Crippen LogP contribution is -2.05. The zero-order chi connectivity index (χ0) is 41.8. The molecule has 0 saturated heterocycles. The van der Waals surface area contributed by atoms with Crippen LogP contribution < -0.4 is 0 Å². The van der Waals surface area contributed by atoms with Crippen LogP contribution in [0.5, 0.6) is 0 Å². The molecule has 10 rings (SSSR count). The van der Waals surface area contributed by atoms with Crippen LogP contribution in [0.1, 0.15) is 23.3 Å². The van der Waals surface area contributed by atoms with Crippen LogP contribution in [-0.4, -0.2) is 49.4 Å². The van der Waals surface area contributed by atoms with E-state index in [-0.39, 0.29) is 5.56 Å². The zero-order valence-corrected chi connectivity index (χ0v) is 33.4. The van der Waals surface area contributed by atoms with Gasteiger partial charge in [0.2, 0.25) is 0 Å². The minimum atomic E-state index is -0.693. The monoisotopic (exact) mass is 800 g/mol. The van der Waals surface area contributed by atoms with E-state index in [4.69, 9.17) is 15.0 Å². The highest BCUT2D eigenvalue weighted by Gasteiger charge is 2.23. The molecule has 0 aliphatic carbocycles. The van der Waals surface area contributed by atoms with Gasteiger partial charge < -0.3 is 4.57 Å². The fourth-order valence-electron chi connectivity index (χ4n) is 7.81. The van der Waals surface area contributed by atoms with Gasteiger partial charge in [-0.3, -0.25) is 0 Å². The van der Waals surface area contributed by atoms with Crippen molar-refractivity contribution in [2.45, 2.75) is 27.7 Å². The highest BCUT2D eigenvalue weighted by Crippen LogP contribution is 2.41. The molecule has 61 heavy (non-hydrogen) atoms. The van der Waals surface area contributed by atoms with Gasteiger partial charge in [0.05, 0.1) is 22.3 Å². The molecule has 10 aromatic rings. The second-order valence-corrected chi connectivity index (χ2v) is 14.7. The Morgan fingerprint density at radius 3 is 1.26 bits per heavy atom. The van der Waals surface area contributed by atoms with Gasteiger partial charge in [-0.1, -0.05) is 97.1 Å². The Kier molecular flexibility index (Phi) is 9.17. The molecule has 0 amide bonds. The van der Waals surface area contributed by atoms with E-state index in [1.165, 1.54) is 18.2 Å². The Morgan fingerprint density at radius 1 is 0.361 bits per heavy atom. The van der Waals surface area contributed by atoms with Crippen molar-refractivity contribution in [2.24, 2.45) is 0 Å². The summed E-state index contributed by atoms with van der Waals surface area (Å²) in [6.07, 6.45) is 0. The van der Waals surface area contributed by atoms with E-state index in [9.17, 15) is 0 Å². The van der Waals surface area contributed by atoms with Crippen molar-refractivity contribution in [1.82, 2.24) is 49.4 Å². The van der Waals surface area contributed by atoms with Gasteiger partial charge in [0.1, 0.15) is 34.9 Å². The summed E-state index contributed by atoms with van der Waals surface area (Å²) in [5, 5.41) is 1.88. The van der Waals surface area contributed by atoms with Crippen molar-refractivity contribution in [3.63, 3.8) is 0 Å². The third kappa shape index (κ3) is 6.93. The van der Waals surface area contributed by atoms with Crippen LogP contribution in [0, 0.1) is 39.3 Å². The molecule has 0 aliphatic rings. The molecule has 6 aromatic carbocycles. The second-order valence-electron chi connectivity index (χ2n) is 14.7. The van der Waals surface area contributed by atoms with E-state index in [0.29, 0.717) is 69.2 Å². The van der Waals surface area contributed by atoms with Gasteiger partial charge in [-0.15, -0.1) is 0 Å². The van der Waals surface area contributed by atoms with Crippen LogP contribution in [0.4, 0.5) is 8.78 Å². The lowest BCUT2D eigenvalue weighted by Gasteiger charge is -2.17. The number of hydrogen-bond donors (Lipinski definition) is 0. The Hall–Kier alpha value is -7.99. The van der Waals surface area contributed by atoms with Crippen molar-refractivity contribution in [3.05, 3.63) is 168 Å². The molecule has 0 atom stereocenters. The predicted octanol–water partition coefficient (Wildman–Crippen LogP) is 10.9. The minimum absolute atomic E-state index is 0.163. The third-order valence-corrected chi connectivity index (χ3v) is 10.4. The van der Waals surface area contributed by atoms with E-state index < -0.39 is 11.6 Å². The number of benzene rings is 6. The summed E-state index contributed by atoms with van der Waals surface area (Å²) >= 11 is 0. The van der Waals surface area contributed by atoms with E-state index in [2.05, 4.69) is 46.6 Å².